The molecule has 0 unspecified atom stereocenters. The molecule has 0 radical (unpaired) electrons. The highest BCUT2D eigenvalue weighted by Gasteiger charge is 2.22. The van der Waals surface area contributed by atoms with Gasteiger partial charge in [0, 0.05) is 11.3 Å². The van der Waals surface area contributed by atoms with E-state index in [9.17, 15) is 4.79 Å². The summed E-state index contributed by atoms with van der Waals surface area (Å²) in [5, 5.41) is 2.86. The molecule has 3 heterocycles. The van der Waals surface area contributed by atoms with Crippen LogP contribution in [-0.2, 0) is 24.2 Å². The first-order chi connectivity index (χ1) is 14.2. The van der Waals surface area contributed by atoms with Gasteiger partial charge in [0.05, 0.1) is 19.2 Å². The number of hydrogen-bond donors (Lipinski definition) is 1. The molecule has 2 aromatic carbocycles. The van der Waals surface area contributed by atoms with E-state index in [0.717, 1.165) is 54.0 Å². The maximum Gasteiger partial charge on any atom is 0.228 e. The molecule has 148 valence electrons. The molecule has 1 amide bonds. The van der Waals surface area contributed by atoms with Crippen molar-refractivity contribution < 1.29 is 9.21 Å². The van der Waals surface area contributed by atoms with Crippen LogP contribution >= 0.6 is 0 Å². The molecular weight excluding hydrogens is 362 g/mol. The highest BCUT2D eigenvalue weighted by molar-refractivity contribution is 5.99. The summed E-state index contributed by atoms with van der Waals surface area (Å²) in [6.07, 6.45) is 5.83. The zero-order valence-corrected chi connectivity index (χ0v) is 16.4. The maximum atomic E-state index is 11.5. The number of carbonyl (C=O) groups excluding carboxylic acids is 1. The maximum absolute atomic E-state index is 11.5. The lowest BCUT2D eigenvalue weighted by Crippen LogP contribution is -2.33. The Balaban J connectivity index is 1.17. The molecule has 0 bridgehead atoms. The van der Waals surface area contributed by atoms with Crippen molar-refractivity contribution in [3.05, 3.63) is 71.7 Å². The monoisotopic (exact) mass is 387 g/mol. The number of oxazole rings is 1. The van der Waals surface area contributed by atoms with Crippen molar-refractivity contribution >= 4 is 11.6 Å². The molecule has 0 atom stereocenters. The zero-order valence-electron chi connectivity index (χ0n) is 16.4. The van der Waals surface area contributed by atoms with E-state index >= 15 is 0 Å². The normalized spacial score (nSPS) is 17.3. The predicted octanol–water partition coefficient (Wildman–Crippen LogP) is 4.29. The van der Waals surface area contributed by atoms with Crippen molar-refractivity contribution in [3.63, 3.8) is 0 Å². The summed E-state index contributed by atoms with van der Waals surface area (Å²) in [5.74, 6) is 2.33. The summed E-state index contributed by atoms with van der Waals surface area (Å²) in [6, 6.07) is 16.7. The van der Waals surface area contributed by atoms with Crippen molar-refractivity contribution in [2.75, 3.05) is 18.4 Å². The topological polar surface area (TPSA) is 58.4 Å². The molecule has 0 saturated carbocycles. The average molecular weight is 387 g/mol. The summed E-state index contributed by atoms with van der Waals surface area (Å²) in [6.45, 7) is 2.92. The first-order valence-electron chi connectivity index (χ1n) is 10.4. The van der Waals surface area contributed by atoms with Gasteiger partial charge >= 0.3 is 0 Å². The lowest BCUT2D eigenvalue weighted by Gasteiger charge is -2.31. The number of carbonyl (C=O) groups is 1. The molecule has 2 aliphatic heterocycles. The van der Waals surface area contributed by atoms with Crippen molar-refractivity contribution in [1.82, 2.24) is 9.88 Å². The number of aromatic nitrogens is 1. The highest BCUT2D eigenvalue weighted by Crippen LogP contribution is 2.30. The zero-order chi connectivity index (χ0) is 19.6. The fourth-order valence-corrected chi connectivity index (χ4v) is 4.39. The van der Waals surface area contributed by atoms with Crippen LogP contribution in [0.5, 0.6) is 0 Å². The number of piperidine rings is 1. The molecule has 1 N–H and O–H groups in total. The summed E-state index contributed by atoms with van der Waals surface area (Å²) in [4.78, 5) is 18.5. The van der Waals surface area contributed by atoms with Gasteiger partial charge in [0.15, 0.2) is 5.76 Å². The van der Waals surface area contributed by atoms with Gasteiger partial charge in [-0.15, -0.1) is 0 Å². The van der Waals surface area contributed by atoms with Crippen LogP contribution < -0.4 is 5.32 Å². The van der Waals surface area contributed by atoms with Gasteiger partial charge in [0.2, 0.25) is 11.8 Å². The molecule has 1 saturated heterocycles. The molecule has 3 aromatic rings. The number of nitrogens with one attached hydrogen (secondary N) is 1. The Morgan fingerprint density at radius 1 is 1.10 bits per heavy atom. The lowest BCUT2D eigenvalue weighted by molar-refractivity contribution is -0.115. The van der Waals surface area contributed by atoms with Crippen LogP contribution in [0, 0.1) is 5.92 Å². The van der Waals surface area contributed by atoms with E-state index in [0.29, 0.717) is 6.42 Å². The summed E-state index contributed by atoms with van der Waals surface area (Å²) < 4.78 is 6.02. The van der Waals surface area contributed by atoms with Crippen molar-refractivity contribution in [2.45, 2.75) is 32.2 Å². The first-order valence-corrected chi connectivity index (χ1v) is 10.4. The summed E-state index contributed by atoms with van der Waals surface area (Å²) in [7, 11) is 0. The van der Waals surface area contributed by atoms with Crippen LogP contribution in [0.2, 0.25) is 0 Å². The molecule has 5 heteroatoms. The summed E-state index contributed by atoms with van der Waals surface area (Å²) >= 11 is 0. The van der Waals surface area contributed by atoms with Crippen molar-refractivity contribution in [1.29, 1.82) is 0 Å². The quantitative estimate of drug-likeness (QED) is 0.709. The van der Waals surface area contributed by atoms with Crippen molar-refractivity contribution in [2.24, 2.45) is 5.92 Å². The largest absolute Gasteiger partial charge is 0.439 e. The Morgan fingerprint density at radius 3 is 2.76 bits per heavy atom. The molecule has 0 aliphatic carbocycles. The van der Waals surface area contributed by atoms with Gasteiger partial charge in [-0.2, -0.15) is 0 Å². The molecule has 2 aliphatic rings. The Kier molecular flexibility index (Phi) is 4.90. The minimum atomic E-state index is 0.0473. The molecule has 1 aromatic heterocycles. The number of nitrogens with zero attached hydrogens (tertiary/aromatic N) is 2. The smallest absolute Gasteiger partial charge is 0.228 e. The first kappa shape index (κ1) is 18.1. The van der Waals surface area contributed by atoms with Crippen LogP contribution in [0.4, 0.5) is 5.69 Å². The van der Waals surface area contributed by atoms with Gasteiger partial charge in [0.25, 0.3) is 0 Å². The number of amides is 1. The van der Waals surface area contributed by atoms with Crippen LogP contribution in [0.3, 0.4) is 0 Å². The third kappa shape index (κ3) is 4.10. The number of rotatable bonds is 5. The minimum Gasteiger partial charge on any atom is -0.439 e. The molecule has 0 spiro atoms. The number of likely N-dealkylation sites (tertiary alicyclic amines) is 1. The van der Waals surface area contributed by atoms with Crippen LogP contribution in [-0.4, -0.2) is 28.9 Å². The number of hydrogen-bond acceptors (Lipinski definition) is 4. The second-order valence-corrected chi connectivity index (χ2v) is 8.12. The van der Waals surface area contributed by atoms with Gasteiger partial charge in [-0.1, -0.05) is 30.3 Å². The van der Waals surface area contributed by atoms with Gasteiger partial charge in [0.1, 0.15) is 0 Å². The molecule has 1 fully saturated rings. The van der Waals surface area contributed by atoms with E-state index < -0.39 is 0 Å². The Labute approximate surface area is 170 Å². The van der Waals surface area contributed by atoms with Gasteiger partial charge in [-0.05, 0) is 67.6 Å². The average Bonchev–Trinajstić information content (AvgIpc) is 3.35. The molecule has 5 nitrogen and oxygen atoms in total. The molecular formula is C24H25N3O2. The van der Waals surface area contributed by atoms with Crippen LogP contribution in [0.15, 0.2) is 59.1 Å². The van der Waals surface area contributed by atoms with Crippen LogP contribution in [0.1, 0.15) is 29.9 Å². The highest BCUT2D eigenvalue weighted by atomic mass is 16.4. The van der Waals surface area contributed by atoms with E-state index in [4.69, 9.17) is 4.42 Å². The lowest BCUT2D eigenvalue weighted by atomic mass is 9.90. The van der Waals surface area contributed by atoms with Gasteiger partial charge in [-0.25, -0.2) is 4.98 Å². The van der Waals surface area contributed by atoms with Gasteiger partial charge < -0.3 is 9.73 Å². The van der Waals surface area contributed by atoms with E-state index in [1.807, 2.05) is 18.2 Å². The Bertz CT molecular complexity index is 1000. The minimum absolute atomic E-state index is 0.0473. The van der Waals surface area contributed by atoms with E-state index in [2.05, 4.69) is 45.5 Å². The molecule has 5 rings (SSSR count). The third-order valence-electron chi connectivity index (χ3n) is 6.00. The van der Waals surface area contributed by atoms with E-state index in [-0.39, 0.29) is 5.91 Å². The van der Waals surface area contributed by atoms with E-state index in [1.165, 1.54) is 24.8 Å². The predicted molar refractivity (Wildman–Crippen MR) is 112 cm³/mol. The fourth-order valence-electron chi connectivity index (χ4n) is 4.39. The fraction of sp³-hybridized carbons (Fsp3) is 0.333. The number of benzene rings is 2. The second kappa shape index (κ2) is 7.84. The SMILES string of the molecule is O=C1Cc2cc(-c3cnc(CN4CCC(Cc5ccccc5)CC4)o3)ccc2N1. The standard InChI is InChI=1S/C24H25N3O2/c28-23-14-20-13-19(6-7-21(20)26-23)22-15-25-24(29-22)16-27-10-8-18(9-11-27)12-17-4-2-1-3-5-17/h1-7,13,15,18H,8-12,14,16H2,(H,26,28). The summed E-state index contributed by atoms with van der Waals surface area (Å²) in [5.41, 5.74) is 4.33. The van der Waals surface area contributed by atoms with Crippen molar-refractivity contribution in [3.8, 4) is 11.3 Å². The van der Waals surface area contributed by atoms with Crippen LogP contribution in [0.25, 0.3) is 11.3 Å². The van der Waals surface area contributed by atoms with E-state index in [1.54, 1.807) is 6.20 Å². The number of fused-ring (bicyclic) bond motifs is 1. The molecule has 29 heavy (non-hydrogen) atoms. The third-order valence-corrected chi connectivity index (χ3v) is 6.00. The Morgan fingerprint density at radius 2 is 1.93 bits per heavy atom. The second-order valence-electron chi connectivity index (χ2n) is 8.12. The Hall–Kier alpha value is -2.92. The van der Waals surface area contributed by atoms with Gasteiger partial charge in [-0.3, -0.25) is 9.69 Å². The number of anilines is 1.